The van der Waals surface area contributed by atoms with E-state index in [1.165, 1.54) is 5.56 Å². The first-order chi connectivity index (χ1) is 11.7. The number of urea groups is 1. The van der Waals surface area contributed by atoms with Crippen LogP contribution in [-0.4, -0.2) is 6.03 Å². The van der Waals surface area contributed by atoms with Crippen LogP contribution in [-0.2, 0) is 6.54 Å². The Morgan fingerprint density at radius 1 is 0.792 bits per heavy atom. The second kappa shape index (κ2) is 7.47. The van der Waals surface area contributed by atoms with Crippen molar-refractivity contribution in [2.75, 3.05) is 5.32 Å². The summed E-state index contributed by atoms with van der Waals surface area (Å²) in [7, 11) is 0. The van der Waals surface area contributed by atoms with E-state index in [1.54, 1.807) is 0 Å². The molecule has 3 aromatic rings. The molecule has 0 saturated carbocycles. The summed E-state index contributed by atoms with van der Waals surface area (Å²) in [6.45, 7) is 2.55. The standard InChI is InChI=1S/C21H20N2O/c1-16-7-5-6-10-19(16)15-22-21(24)23-20-13-11-18(12-14-20)17-8-3-2-4-9-17/h2-14H,15H2,1H3,(H2,22,23,24). The van der Waals surface area contributed by atoms with Crippen molar-refractivity contribution >= 4 is 11.7 Å². The summed E-state index contributed by atoms with van der Waals surface area (Å²) in [6, 6.07) is 25.8. The van der Waals surface area contributed by atoms with Crippen molar-refractivity contribution in [3.63, 3.8) is 0 Å². The number of rotatable bonds is 4. The van der Waals surface area contributed by atoms with Crippen molar-refractivity contribution in [1.29, 1.82) is 0 Å². The van der Waals surface area contributed by atoms with Crippen LogP contribution in [0, 0.1) is 6.92 Å². The molecule has 24 heavy (non-hydrogen) atoms. The first kappa shape index (κ1) is 15.8. The maximum absolute atomic E-state index is 12.0. The summed E-state index contributed by atoms with van der Waals surface area (Å²) >= 11 is 0. The first-order valence-corrected chi connectivity index (χ1v) is 7.97. The molecule has 0 aliphatic heterocycles. The van der Waals surface area contributed by atoms with E-state index in [1.807, 2.05) is 73.7 Å². The topological polar surface area (TPSA) is 41.1 Å². The number of carbonyl (C=O) groups is 1. The van der Waals surface area contributed by atoms with E-state index in [-0.39, 0.29) is 6.03 Å². The number of anilines is 1. The highest BCUT2D eigenvalue weighted by Crippen LogP contribution is 2.20. The van der Waals surface area contributed by atoms with Crippen LogP contribution >= 0.6 is 0 Å². The van der Waals surface area contributed by atoms with Gasteiger partial charge in [-0.25, -0.2) is 4.79 Å². The summed E-state index contributed by atoms with van der Waals surface area (Å²) in [6.07, 6.45) is 0. The monoisotopic (exact) mass is 316 g/mol. The Labute approximate surface area is 142 Å². The van der Waals surface area contributed by atoms with Gasteiger partial charge in [0.2, 0.25) is 0 Å². The summed E-state index contributed by atoms with van der Waals surface area (Å²) < 4.78 is 0. The predicted octanol–water partition coefficient (Wildman–Crippen LogP) is 4.98. The first-order valence-electron chi connectivity index (χ1n) is 7.97. The second-order valence-electron chi connectivity index (χ2n) is 5.68. The zero-order valence-corrected chi connectivity index (χ0v) is 13.6. The summed E-state index contributed by atoms with van der Waals surface area (Å²) in [5, 5.41) is 5.74. The van der Waals surface area contributed by atoms with E-state index in [0.717, 1.165) is 22.4 Å². The Balaban J connectivity index is 1.58. The van der Waals surface area contributed by atoms with Crippen molar-refractivity contribution in [3.8, 4) is 11.1 Å². The van der Waals surface area contributed by atoms with Gasteiger partial charge in [-0.2, -0.15) is 0 Å². The van der Waals surface area contributed by atoms with E-state index < -0.39 is 0 Å². The molecule has 2 N–H and O–H groups in total. The Kier molecular flexibility index (Phi) is 4.92. The number of benzene rings is 3. The molecule has 0 saturated heterocycles. The zero-order valence-electron chi connectivity index (χ0n) is 13.6. The van der Waals surface area contributed by atoms with Crippen molar-refractivity contribution in [2.45, 2.75) is 13.5 Å². The smallest absolute Gasteiger partial charge is 0.319 e. The fraction of sp³-hybridized carbons (Fsp3) is 0.0952. The molecule has 0 aromatic heterocycles. The van der Waals surface area contributed by atoms with Gasteiger partial charge in [-0.05, 0) is 41.3 Å². The summed E-state index contributed by atoms with van der Waals surface area (Å²) in [5.41, 5.74) is 5.35. The van der Waals surface area contributed by atoms with E-state index >= 15 is 0 Å². The molecule has 0 aliphatic rings. The van der Waals surface area contributed by atoms with Crippen molar-refractivity contribution in [2.24, 2.45) is 0 Å². The zero-order chi connectivity index (χ0) is 16.8. The predicted molar refractivity (Wildman–Crippen MR) is 98.9 cm³/mol. The van der Waals surface area contributed by atoms with Crippen LogP contribution < -0.4 is 10.6 Å². The van der Waals surface area contributed by atoms with Gasteiger partial charge in [0, 0.05) is 12.2 Å². The number of amides is 2. The van der Waals surface area contributed by atoms with Gasteiger partial charge in [0.25, 0.3) is 0 Å². The molecule has 0 heterocycles. The maximum Gasteiger partial charge on any atom is 0.319 e. The number of hydrogen-bond donors (Lipinski definition) is 2. The molecule has 120 valence electrons. The summed E-state index contributed by atoms with van der Waals surface area (Å²) in [5.74, 6) is 0. The molecule has 3 aromatic carbocycles. The van der Waals surface area contributed by atoms with Crippen molar-refractivity contribution in [1.82, 2.24) is 5.32 Å². The fourth-order valence-electron chi connectivity index (χ4n) is 2.54. The third-order valence-electron chi connectivity index (χ3n) is 3.95. The molecule has 3 rings (SSSR count). The van der Waals surface area contributed by atoms with Gasteiger partial charge in [0.05, 0.1) is 0 Å². The average molecular weight is 316 g/mol. The van der Waals surface area contributed by atoms with Crippen LogP contribution in [0.25, 0.3) is 11.1 Å². The average Bonchev–Trinajstić information content (AvgIpc) is 2.62. The minimum atomic E-state index is -0.203. The normalized spacial score (nSPS) is 10.2. The number of aryl methyl sites for hydroxylation is 1. The molecule has 3 nitrogen and oxygen atoms in total. The lowest BCUT2D eigenvalue weighted by Crippen LogP contribution is -2.28. The largest absolute Gasteiger partial charge is 0.334 e. The minimum Gasteiger partial charge on any atom is -0.334 e. The van der Waals surface area contributed by atoms with Crippen LogP contribution in [0.15, 0.2) is 78.9 Å². The van der Waals surface area contributed by atoms with E-state index in [2.05, 4.69) is 22.8 Å². The Hall–Kier alpha value is -3.07. The number of nitrogens with one attached hydrogen (secondary N) is 2. The number of hydrogen-bond acceptors (Lipinski definition) is 1. The van der Waals surface area contributed by atoms with Gasteiger partial charge in [0.1, 0.15) is 0 Å². The molecule has 0 radical (unpaired) electrons. The molecule has 3 heteroatoms. The van der Waals surface area contributed by atoms with Crippen LogP contribution in [0.2, 0.25) is 0 Å². The van der Waals surface area contributed by atoms with Gasteiger partial charge in [-0.3, -0.25) is 0 Å². The third kappa shape index (κ3) is 4.02. The van der Waals surface area contributed by atoms with Gasteiger partial charge >= 0.3 is 6.03 Å². The Morgan fingerprint density at radius 2 is 1.42 bits per heavy atom. The lowest BCUT2D eigenvalue weighted by atomic mass is 10.1. The lowest BCUT2D eigenvalue weighted by molar-refractivity contribution is 0.251. The lowest BCUT2D eigenvalue weighted by Gasteiger charge is -2.10. The van der Waals surface area contributed by atoms with Gasteiger partial charge in [-0.1, -0.05) is 66.7 Å². The molecule has 2 amide bonds. The minimum absolute atomic E-state index is 0.203. The van der Waals surface area contributed by atoms with E-state index in [0.29, 0.717) is 6.54 Å². The SMILES string of the molecule is Cc1ccccc1CNC(=O)Nc1ccc(-c2ccccc2)cc1. The van der Waals surface area contributed by atoms with Crippen LogP contribution in [0.3, 0.4) is 0 Å². The molecule has 0 unspecified atom stereocenters. The van der Waals surface area contributed by atoms with Crippen molar-refractivity contribution in [3.05, 3.63) is 90.0 Å². The molecule has 0 spiro atoms. The second-order valence-corrected chi connectivity index (χ2v) is 5.68. The summed E-state index contributed by atoms with van der Waals surface area (Å²) in [4.78, 5) is 12.0. The van der Waals surface area contributed by atoms with Crippen molar-refractivity contribution < 1.29 is 4.79 Å². The van der Waals surface area contributed by atoms with Gasteiger partial charge in [-0.15, -0.1) is 0 Å². The quantitative estimate of drug-likeness (QED) is 0.700. The number of carbonyl (C=O) groups excluding carboxylic acids is 1. The van der Waals surface area contributed by atoms with E-state index in [4.69, 9.17) is 0 Å². The van der Waals surface area contributed by atoms with Crippen LogP contribution in [0.4, 0.5) is 10.5 Å². The van der Waals surface area contributed by atoms with Gasteiger partial charge < -0.3 is 10.6 Å². The molecule has 0 atom stereocenters. The fourth-order valence-corrected chi connectivity index (χ4v) is 2.54. The molecule has 0 bridgehead atoms. The van der Waals surface area contributed by atoms with Crippen LogP contribution in [0.5, 0.6) is 0 Å². The Bertz CT molecular complexity index is 811. The van der Waals surface area contributed by atoms with Gasteiger partial charge in [0.15, 0.2) is 0 Å². The maximum atomic E-state index is 12.0. The highest BCUT2D eigenvalue weighted by molar-refractivity contribution is 5.89. The molecule has 0 aliphatic carbocycles. The Morgan fingerprint density at radius 3 is 2.12 bits per heavy atom. The highest BCUT2D eigenvalue weighted by atomic mass is 16.2. The molecule has 0 fully saturated rings. The van der Waals surface area contributed by atoms with Crippen LogP contribution in [0.1, 0.15) is 11.1 Å². The molecular formula is C21H20N2O. The highest BCUT2D eigenvalue weighted by Gasteiger charge is 2.04. The van der Waals surface area contributed by atoms with E-state index in [9.17, 15) is 4.79 Å². The third-order valence-corrected chi connectivity index (χ3v) is 3.95. The molecular weight excluding hydrogens is 296 g/mol.